The van der Waals surface area contributed by atoms with Crippen molar-refractivity contribution in [2.75, 3.05) is 25.6 Å². The maximum Gasteiger partial charge on any atom is 0.328 e. The molecule has 0 radical (unpaired) electrons. The van der Waals surface area contributed by atoms with Gasteiger partial charge in [0.2, 0.25) is 0 Å². The van der Waals surface area contributed by atoms with E-state index in [-0.39, 0.29) is 0 Å². The molecule has 0 heterocycles. The van der Waals surface area contributed by atoms with Gasteiger partial charge in [-0.25, -0.2) is 4.79 Å². The molecule has 4 heteroatoms. The molecule has 0 spiro atoms. The summed E-state index contributed by atoms with van der Waals surface area (Å²) < 4.78 is 5.26. The highest BCUT2D eigenvalue weighted by Crippen LogP contribution is 2.27. The predicted octanol–water partition coefficient (Wildman–Crippen LogP) is 2.39. The van der Waals surface area contributed by atoms with Crippen molar-refractivity contribution in [2.24, 2.45) is 0 Å². The van der Waals surface area contributed by atoms with E-state index in [1.165, 1.54) is 0 Å². The van der Waals surface area contributed by atoms with Gasteiger partial charge in [-0.15, -0.1) is 0 Å². The van der Waals surface area contributed by atoms with Gasteiger partial charge in [-0.05, 0) is 37.1 Å². The van der Waals surface area contributed by atoms with Gasteiger partial charge in [0.15, 0.2) is 0 Å². The summed E-state index contributed by atoms with van der Waals surface area (Å²) in [6.45, 7) is 4.55. The number of rotatable bonds is 5. The van der Waals surface area contributed by atoms with Crippen molar-refractivity contribution in [2.45, 2.75) is 13.8 Å². The molecule has 1 aromatic rings. The quantitative estimate of drug-likeness (QED) is 0.814. The number of aryl methyl sites for hydroxylation is 2. The van der Waals surface area contributed by atoms with Gasteiger partial charge in [-0.2, -0.15) is 0 Å². The van der Waals surface area contributed by atoms with Crippen molar-refractivity contribution in [3.05, 3.63) is 35.4 Å². The van der Waals surface area contributed by atoms with E-state index in [0.717, 1.165) is 28.6 Å². The zero-order chi connectivity index (χ0) is 13.7. The minimum absolute atomic E-state index is 0.554. The summed E-state index contributed by atoms with van der Waals surface area (Å²) >= 11 is 0. The minimum Gasteiger partial charge on any atom is -0.496 e. The SMILES string of the molecule is COc1cc(C)c(N(C)C/C=C/C(=O)O)cc1C. The van der Waals surface area contributed by atoms with E-state index in [1.54, 1.807) is 13.2 Å². The van der Waals surface area contributed by atoms with Gasteiger partial charge in [-0.1, -0.05) is 6.08 Å². The fourth-order valence-electron chi connectivity index (χ4n) is 1.82. The molecule has 0 aromatic heterocycles. The molecule has 0 bridgehead atoms. The molecule has 0 aliphatic rings. The fourth-order valence-corrected chi connectivity index (χ4v) is 1.82. The highest BCUT2D eigenvalue weighted by atomic mass is 16.5. The number of carboxylic acid groups (broad SMARTS) is 1. The van der Waals surface area contributed by atoms with Crippen LogP contribution < -0.4 is 9.64 Å². The fraction of sp³-hybridized carbons (Fsp3) is 0.357. The molecule has 0 aliphatic heterocycles. The normalized spacial score (nSPS) is 10.7. The van der Waals surface area contributed by atoms with E-state index < -0.39 is 5.97 Å². The van der Waals surface area contributed by atoms with Crippen molar-refractivity contribution < 1.29 is 14.6 Å². The van der Waals surface area contributed by atoms with Crippen LogP contribution in [0.5, 0.6) is 5.75 Å². The summed E-state index contributed by atoms with van der Waals surface area (Å²) in [4.78, 5) is 12.4. The maximum atomic E-state index is 10.4. The van der Waals surface area contributed by atoms with E-state index in [1.807, 2.05) is 37.9 Å². The molecule has 0 saturated carbocycles. The Labute approximate surface area is 107 Å². The second-order valence-corrected chi connectivity index (χ2v) is 4.23. The number of benzene rings is 1. The van der Waals surface area contributed by atoms with Crippen LogP contribution in [0.1, 0.15) is 11.1 Å². The van der Waals surface area contributed by atoms with Gasteiger partial charge in [0.05, 0.1) is 7.11 Å². The summed E-state index contributed by atoms with van der Waals surface area (Å²) in [6.07, 6.45) is 2.78. The maximum absolute atomic E-state index is 10.4. The molecule has 1 N–H and O–H groups in total. The van der Waals surface area contributed by atoms with Gasteiger partial charge < -0.3 is 14.7 Å². The van der Waals surface area contributed by atoms with E-state index in [4.69, 9.17) is 9.84 Å². The summed E-state index contributed by atoms with van der Waals surface area (Å²) in [5.41, 5.74) is 3.24. The van der Waals surface area contributed by atoms with Gasteiger partial charge in [0, 0.05) is 25.4 Å². The van der Waals surface area contributed by atoms with Crippen molar-refractivity contribution in [3.8, 4) is 5.75 Å². The van der Waals surface area contributed by atoms with E-state index in [2.05, 4.69) is 0 Å². The first-order valence-corrected chi connectivity index (χ1v) is 5.71. The molecule has 0 fully saturated rings. The van der Waals surface area contributed by atoms with Crippen molar-refractivity contribution in [1.29, 1.82) is 0 Å². The number of carbonyl (C=O) groups is 1. The predicted molar refractivity (Wildman–Crippen MR) is 72.5 cm³/mol. The Morgan fingerprint density at radius 2 is 2.06 bits per heavy atom. The smallest absolute Gasteiger partial charge is 0.328 e. The molecule has 0 saturated heterocycles. The Hall–Kier alpha value is -1.97. The van der Waals surface area contributed by atoms with Crippen molar-refractivity contribution in [1.82, 2.24) is 0 Å². The summed E-state index contributed by atoms with van der Waals surface area (Å²) in [7, 11) is 3.58. The number of likely N-dealkylation sites (N-methyl/N-ethyl adjacent to an activating group) is 1. The Balaban J connectivity index is 2.89. The third kappa shape index (κ3) is 3.52. The van der Waals surface area contributed by atoms with Crippen LogP contribution in [-0.4, -0.2) is 31.8 Å². The minimum atomic E-state index is -0.925. The van der Waals surface area contributed by atoms with Crippen LogP contribution in [0.15, 0.2) is 24.3 Å². The number of anilines is 1. The molecule has 98 valence electrons. The van der Waals surface area contributed by atoms with E-state index >= 15 is 0 Å². The van der Waals surface area contributed by atoms with E-state index in [0.29, 0.717) is 6.54 Å². The number of nitrogens with zero attached hydrogens (tertiary/aromatic N) is 1. The standard InChI is InChI=1S/C14H19NO3/c1-10-9-13(18-4)11(2)8-12(10)15(3)7-5-6-14(16)17/h5-6,8-9H,7H2,1-4H3,(H,16,17)/b6-5+. The van der Waals surface area contributed by atoms with Gasteiger partial charge in [0.1, 0.15) is 5.75 Å². The zero-order valence-corrected chi connectivity index (χ0v) is 11.2. The number of carboxylic acids is 1. The van der Waals surface area contributed by atoms with Crippen LogP contribution in [0, 0.1) is 13.8 Å². The highest BCUT2D eigenvalue weighted by molar-refractivity contribution is 5.79. The number of ether oxygens (including phenoxy) is 1. The van der Waals surface area contributed by atoms with Crippen molar-refractivity contribution in [3.63, 3.8) is 0 Å². The number of methoxy groups -OCH3 is 1. The Morgan fingerprint density at radius 1 is 1.39 bits per heavy atom. The number of aliphatic carboxylic acids is 1. The molecule has 0 amide bonds. The van der Waals surface area contributed by atoms with Gasteiger partial charge >= 0.3 is 5.97 Å². The molecule has 1 rings (SSSR count). The van der Waals surface area contributed by atoms with Crippen LogP contribution in [0.2, 0.25) is 0 Å². The first-order valence-electron chi connectivity index (χ1n) is 5.71. The highest BCUT2D eigenvalue weighted by Gasteiger charge is 2.07. The molecular weight excluding hydrogens is 230 g/mol. The van der Waals surface area contributed by atoms with Gasteiger partial charge in [-0.3, -0.25) is 0 Å². The molecule has 0 atom stereocenters. The van der Waals surface area contributed by atoms with Gasteiger partial charge in [0.25, 0.3) is 0 Å². The third-order valence-electron chi connectivity index (χ3n) is 2.76. The number of hydrogen-bond acceptors (Lipinski definition) is 3. The first-order chi connectivity index (χ1) is 8.45. The molecule has 0 aliphatic carbocycles. The van der Waals surface area contributed by atoms with Crippen LogP contribution in [0.4, 0.5) is 5.69 Å². The lowest BCUT2D eigenvalue weighted by atomic mass is 10.1. The van der Waals surface area contributed by atoms with Crippen LogP contribution >= 0.6 is 0 Å². The second kappa shape index (κ2) is 6.10. The topological polar surface area (TPSA) is 49.8 Å². The summed E-state index contributed by atoms with van der Waals surface area (Å²) in [6, 6.07) is 4.03. The average molecular weight is 249 g/mol. The molecule has 0 unspecified atom stereocenters. The lowest BCUT2D eigenvalue weighted by molar-refractivity contribution is -0.131. The number of hydrogen-bond donors (Lipinski definition) is 1. The van der Waals surface area contributed by atoms with E-state index in [9.17, 15) is 4.79 Å². The Morgan fingerprint density at radius 3 is 2.61 bits per heavy atom. The third-order valence-corrected chi connectivity index (χ3v) is 2.76. The summed E-state index contributed by atoms with van der Waals surface area (Å²) in [5, 5.41) is 8.54. The lowest BCUT2D eigenvalue weighted by Crippen LogP contribution is -2.18. The second-order valence-electron chi connectivity index (χ2n) is 4.23. The molecular formula is C14H19NO3. The lowest BCUT2D eigenvalue weighted by Gasteiger charge is -2.21. The zero-order valence-electron chi connectivity index (χ0n) is 11.2. The van der Waals surface area contributed by atoms with Crippen LogP contribution in [0.25, 0.3) is 0 Å². The molecule has 4 nitrogen and oxygen atoms in total. The van der Waals surface area contributed by atoms with Crippen LogP contribution in [-0.2, 0) is 4.79 Å². The largest absolute Gasteiger partial charge is 0.496 e. The monoisotopic (exact) mass is 249 g/mol. The summed E-state index contributed by atoms with van der Waals surface area (Å²) in [5.74, 6) is -0.0586. The Bertz CT molecular complexity index is 466. The van der Waals surface area contributed by atoms with Crippen LogP contribution in [0.3, 0.4) is 0 Å². The Kier molecular flexibility index (Phi) is 4.77. The average Bonchev–Trinajstić information content (AvgIpc) is 2.30. The molecule has 18 heavy (non-hydrogen) atoms. The molecule has 1 aromatic carbocycles. The van der Waals surface area contributed by atoms with Crippen molar-refractivity contribution >= 4 is 11.7 Å². The first kappa shape index (κ1) is 14.1.